The highest BCUT2D eigenvalue weighted by atomic mass is 79.9. The van der Waals surface area contributed by atoms with E-state index in [9.17, 15) is 5.26 Å². The van der Waals surface area contributed by atoms with Crippen molar-refractivity contribution in [2.24, 2.45) is 0 Å². The smallest absolute Gasteiger partial charge is 0.174 e. The number of halogens is 1. The van der Waals surface area contributed by atoms with Crippen LogP contribution in [0.4, 0.5) is 0 Å². The first-order valence-corrected chi connectivity index (χ1v) is 7.87. The number of aryl methyl sites for hydroxylation is 1. The van der Waals surface area contributed by atoms with Crippen LogP contribution in [-0.4, -0.2) is 14.8 Å². The van der Waals surface area contributed by atoms with Gasteiger partial charge in [0.2, 0.25) is 0 Å². The molecule has 2 aromatic rings. The summed E-state index contributed by atoms with van der Waals surface area (Å²) < 4.78 is 3.06. The molecule has 0 unspecified atom stereocenters. The first-order valence-electron chi connectivity index (χ1n) is 7.08. The van der Waals surface area contributed by atoms with Gasteiger partial charge in [-0.2, -0.15) is 5.26 Å². The van der Waals surface area contributed by atoms with Crippen LogP contribution in [0.1, 0.15) is 36.5 Å². The summed E-state index contributed by atoms with van der Waals surface area (Å²) in [5.74, 6) is 1.68. The van der Waals surface area contributed by atoms with Crippen molar-refractivity contribution in [1.82, 2.24) is 14.8 Å². The first kappa shape index (κ1) is 14.0. The number of fused-ring (bicyclic) bond motifs is 1. The van der Waals surface area contributed by atoms with E-state index in [-0.39, 0.29) is 0 Å². The second kappa shape index (κ2) is 6.23. The summed E-state index contributed by atoms with van der Waals surface area (Å²) in [6.07, 6.45) is 6.28. The number of benzene rings is 1. The Kier molecular flexibility index (Phi) is 4.16. The molecule has 3 rings (SSSR count). The van der Waals surface area contributed by atoms with E-state index in [0.29, 0.717) is 11.4 Å². The molecule has 0 amide bonds. The van der Waals surface area contributed by atoms with E-state index in [1.165, 1.54) is 6.42 Å². The van der Waals surface area contributed by atoms with Crippen LogP contribution in [0.25, 0.3) is 11.6 Å². The third kappa shape index (κ3) is 2.91. The molecule has 106 valence electrons. The van der Waals surface area contributed by atoms with Crippen molar-refractivity contribution in [2.45, 2.75) is 32.2 Å². The van der Waals surface area contributed by atoms with Crippen LogP contribution in [-0.2, 0) is 13.0 Å². The topological polar surface area (TPSA) is 54.5 Å². The summed E-state index contributed by atoms with van der Waals surface area (Å²) >= 11 is 3.51. The highest BCUT2D eigenvalue weighted by Gasteiger charge is 2.17. The van der Waals surface area contributed by atoms with Crippen LogP contribution < -0.4 is 0 Å². The van der Waals surface area contributed by atoms with Gasteiger partial charge in [-0.1, -0.05) is 40.5 Å². The van der Waals surface area contributed by atoms with Crippen molar-refractivity contribution in [2.75, 3.05) is 0 Å². The monoisotopic (exact) mass is 342 g/mol. The number of hydrogen-bond donors (Lipinski definition) is 0. The Balaban J connectivity index is 2.04. The van der Waals surface area contributed by atoms with E-state index in [4.69, 9.17) is 0 Å². The maximum Gasteiger partial charge on any atom is 0.174 e. The lowest BCUT2D eigenvalue weighted by atomic mass is 10.1. The molecule has 4 nitrogen and oxygen atoms in total. The lowest BCUT2D eigenvalue weighted by molar-refractivity contribution is 0.627. The third-order valence-corrected chi connectivity index (χ3v) is 4.40. The number of nitriles is 1. The molecule has 0 bridgehead atoms. The van der Waals surface area contributed by atoms with Crippen LogP contribution in [0.15, 0.2) is 28.7 Å². The van der Waals surface area contributed by atoms with Gasteiger partial charge in [0.1, 0.15) is 11.9 Å². The molecule has 0 aliphatic carbocycles. The molecule has 0 atom stereocenters. The van der Waals surface area contributed by atoms with Gasteiger partial charge in [-0.25, -0.2) is 0 Å². The minimum Gasteiger partial charge on any atom is -0.310 e. The number of hydrogen-bond acceptors (Lipinski definition) is 3. The molecule has 0 saturated carbocycles. The van der Waals surface area contributed by atoms with Gasteiger partial charge in [-0.3, -0.25) is 0 Å². The Morgan fingerprint density at radius 2 is 2.10 bits per heavy atom. The molecule has 0 radical (unpaired) electrons. The molecule has 1 aliphatic heterocycles. The van der Waals surface area contributed by atoms with E-state index in [2.05, 4.69) is 36.8 Å². The van der Waals surface area contributed by atoms with Crippen molar-refractivity contribution >= 4 is 27.6 Å². The Bertz CT molecular complexity index is 724. The predicted octanol–water partition coefficient (Wildman–Crippen LogP) is 3.83. The van der Waals surface area contributed by atoms with Gasteiger partial charge in [0.15, 0.2) is 5.82 Å². The van der Waals surface area contributed by atoms with E-state index < -0.39 is 0 Å². The predicted molar refractivity (Wildman–Crippen MR) is 85.2 cm³/mol. The largest absolute Gasteiger partial charge is 0.310 e. The van der Waals surface area contributed by atoms with E-state index in [1.807, 2.05) is 30.3 Å². The van der Waals surface area contributed by atoms with Crippen LogP contribution in [0, 0.1) is 11.3 Å². The van der Waals surface area contributed by atoms with Gasteiger partial charge < -0.3 is 4.57 Å². The maximum atomic E-state index is 9.51. The van der Waals surface area contributed by atoms with E-state index in [1.54, 1.807) is 0 Å². The quantitative estimate of drug-likeness (QED) is 0.779. The molecule has 0 N–H and O–H groups in total. The first-order chi connectivity index (χ1) is 10.3. The summed E-state index contributed by atoms with van der Waals surface area (Å²) in [6.45, 7) is 0.895. The van der Waals surface area contributed by atoms with Crippen molar-refractivity contribution in [3.8, 4) is 6.07 Å². The highest BCUT2D eigenvalue weighted by molar-refractivity contribution is 9.10. The zero-order valence-electron chi connectivity index (χ0n) is 11.6. The van der Waals surface area contributed by atoms with Gasteiger partial charge in [-0.05, 0) is 30.5 Å². The van der Waals surface area contributed by atoms with Gasteiger partial charge in [0.25, 0.3) is 0 Å². The highest BCUT2D eigenvalue weighted by Crippen LogP contribution is 2.24. The molecular weight excluding hydrogens is 328 g/mol. The number of rotatable bonds is 2. The summed E-state index contributed by atoms with van der Waals surface area (Å²) in [5, 5.41) is 18.0. The number of nitrogens with zero attached hydrogens (tertiary/aromatic N) is 4. The van der Waals surface area contributed by atoms with Crippen molar-refractivity contribution < 1.29 is 0 Å². The minimum atomic E-state index is 0.558. The molecular formula is C16H15BrN4. The standard InChI is InChI=1S/C16H15BrN4/c17-14-7-4-3-6-12(14)10-13(11-18)16-20-19-15-8-2-1-5-9-21(15)16/h3-4,6-7,10H,1-2,5,8-9H2. The number of aromatic nitrogens is 3. The average Bonchev–Trinajstić information content (AvgIpc) is 2.75. The summed E-state index contributed by atoms with van der Waals surface area (Å²) in [6, 6.07) is 10.1. The fraction of sp³-hybridized carbons (Fsp3) is 0.312. The summed E-state index contributed by atoms with van der Waals surface area (Å²) in [5.41, 5.74) is 1.53. The molecule has 5 heteroatoms. The van der Waals surface area contributed by atoms with Crippen molar-refractivity contribution in [3.63, 3.8) is 0 Å². The summed E-state index contributed by atoms with van der Waals surface area (Å²) in [7, 11) is 0. The zero-order valence-corrected chi connectivity index (χ0v) is 13.2. The fourth-order valence-corrected chi connectivity index (χ4v) is 2.98. The van der Waals surface area contributed by atoms with Crippen LogP contribution >= 0.6 is 15.9 Å². The molecule has 0 fully saturated rings. The van der Waals surface area contributed by atoms with Crippen LogP contribution in [0.3, 0.4) is 0 Å². The maximum absolute atomic E-state index is 9.51. The van der Waals surface area contributed by atoms with E-state index in [0.717, 1.165) is 41.7 Å². The van der Waals surface area contributed by atoms with E-state index >= 15 is 0 Å². The SMILES string of the molecule is N#CC(=Cc1ccccc1Br)c1nnc2n1CCCCC2. The fourth-order valence-electron chi connectivity index (χ4n) is 2.58. The Hall–Kier alpha value is -1.93. The lowest BCUT2D eigenvalue weighted by Crippen LogP contribution is -2.05. The van der Waals surface area contributed by atoms with Crippen molar-refractivity contribution in [3.05, 3.63) is 46.0 Å². The molecule has 2 heterocycles. The summed E-state index contributed by atoms with van der Waals surface area (Å²) in [4.78, 5) is 0. The van der Waals surface area contributed by atoms with Gasteiger partial charge >= 0.3 is 0 Å². The molecule has 0 saturated heterocycles. The Labute approximate surface area is 132 Å². The Morgan fingerprint density at radius 3 is 2.90 bits per heavy atom. The second-order valence-electron chi connectivity index (χ2n) is 5.09. The zero-order chi connectivity index (χ0) is 14.7. The van der Waals surface area contributed by atoms with Gasteiger partial charge in [0, 0.05) is 17.4 Å². The molecule has 1 aromatic heterocycles. The normalized spacial score (nSPS) is 15.1. The van der Waals surface area contributed by atoms with Gasteiger partial charge in [-0.15, -0.1) is 10.2 Å². The van der Waals surface area contributed by atoms with Crippen LogP contribution in [0.2, 0.25) is 0 Å². The van der Waals surface area contributed by atoms with Crippen LogP contribution in [0.5, 0.6) is 0 Å². The number of allylic oxidation sites excluding steroid dienone is 1. The second-order valence-corrected chi connectivity index (χ2v) is 5.95. The van der Waals surface area contributed by atoms with Gasteiger partial charge in [0.05, 0.1) is 5.57 Å². The van der Waals surface area contributed by atoms with Crippen molar-refractivity contribution in [1.29, 1.82) is 5.26 Å². The molecule has 1 aliphatic rings. The molecule has 1 aromatic carbocycles. The molecule has 21 heavy (non-hydrogen) atoms. The lowest BCUT2D eigenvalue weighted by Gasteiger charge is -2.06. The Morgan fingerprint density at radius 1 is 1.24 bits per heavy atom. The third-order valence-electron chi connectivity index (χ3n) is 3.68. The molecule has 0 spiro atoms. The minimum absolute atomic E-state index is 0.558. The average molecular weight is 343 g/mol.